The van der Waals surface area contributed by atoms with Crippen LogP contribution in [0.2, 0.25) is 0 Å². The Bertz CT molecular complexity index is 1090. The second-order valence-electron chi connectivity index (χ2n) is 15.6. The van der Waals surface area contributed by atoms with Gasteiger partial charge in [0.1, 0.15) is 12.6 Å². The van der Waals surface area contributed by atoms with E-state index in [1.165, 1.54) is 83.5 Å². The number of quaternary nitrogens is 1. The summed E-state index contributed by atoms with van der Waals surface area (Å²) in [7, 11) is 5.37. The zero-order valence-electron chi connectivity index (χ0n) is 35.8. The molecular weight excluding hydrogens is 691 g/mol. The molecule has 0 amide bonds. The van der Waals surface area contributed by atoms with Gasteiger partial charge in [0.25, 0.3) is 0 Å². The van der Waals surface area contributed by atoms with Gasteiger partial charge in [0.2, 0.25) is 0 Å². The molecule has 0 aromatic rings. The van der Waals surface area contributed by atoms with Crippen molar-refractivity contribution in [3.8, 4) is 0 Å². The molecule has 0 saturated heterocycles. The molecule has 2 atom stereocenters. The van der Waals surface area contributed by atoms with Crippen molar-refractivity contribution in [3.63, 3.8) is 0 Å². The molecule has 0 saturated carbocycles. The molecule has 0 aliphatic carbocycles. The molecule has 0 aromatic heterocycles. The van der Waals surface area contributed by atoms with Crippen molar-refractivity contribution in [3.05, 3.63) is 60.8 Å². The van der Waals surface area contributed by atoms with Gasteiger partial charge in [-0.05, 0) is 38.5 Å². The topological polar surface area (TPSA) is 102 Å². The minimum absolute atomic E-state index is 0.000639. The van der Waals surface area contributed by atoms with Crippen LogP contribution in [-0.2, 0) is 28.6 Å². The van der Waals surface area contributed by atoms with E-state index in [0.717, 1.165) is 44.9 Å². The maximum atomic E-state index is 12.6. The Morgan fingerprint density at radius 2 is 1.00 bits per heavy atom. The van der Waals surface area contributed by atoms with Crippen LogP contribution in [0.4, 0.5) is 0 Å². The molecule has 316 valence electrons. The summed E-state index contributed by atoms with van der Waals surface area (Å²) in [6, 6.07) is -0.742. The molecule has 0 aromatic carbocycles. The number of nitrogens with zero attached hydrogens (tertiary/aromatic N) is 1. The van der Waals surface area contributed by atoms with Crippen LogP contribution >= 0.6 is 0 Å². The van der Waals surface area contributed by atoms with Crippen molar-refractivity contribution < 1.29 is 38.2 Å². The Morgan fingerprint density at radius 3 is 1.44 bits per heavy atom. The Balaban J connectivity index is 4.46. The van der Waals surface area contributed by atoms with Crippen molar-refractivity contribution in [1.82, 2.24) is 0 Å². The predicted octanol–water partition coefficient (Wildman–Crippen LogP) is 10.5. The van der Waals surface area contributed by atoms with E-state index in [2.05, 4.69) is 62.5 Å². The van der Waals surface area contributed by atoms with E-state index in [1.807, 2.05) is 6.08 Å². The number of carbonyl (C=O) groups is 3. The van der Waals surface area contributed by atoms with Gasteiger partial charge >= 0.3 is 11.9 Å². The molecule has 0 aliphatic rings. The highest BCUT2D eigenvalue weighted by Crippen LogP contribution is 2.15. The van der Waals surface area contributed by atoms with E-state index in [9.17, 15) is 19.5 Å². The first-order valence-electron chi connectivity index (χ1n) is 21.8. The Labute approximate surface area is 337 Å². The molecule has 0 aliphatic heterocycles. The highest BCUT2D eigenvalue weighted by Gasteiger charge is 2.25. The van der Waals surface area contributed by atoms with E-state index in [-0.39, 0.29) is 43.1 Å². The molecule has 2 unspecified atom stereocenters. The number of esters is 2. The van der Waals surface area contributed by atoms with Crippen LogP contribution in [-0.4, -0.2) is 75.5 Å². The summed E-state index contributed by atoms with van der Waals surface area (Å²) in [4.78, 5) is 36.8. The number of hydrogen-bond donors (Lipinski definition) is 0. The van der Waals surface area contributed by atoms with E-state index >= 15 is 0 Å². The van der Waals surface area contributed by atoms with Crippen molar-refractivity contribution in [2.24, 2.45) is 0 Å². The summed E-state index contributed by atoms with van der Waals surface area (Å²) in [5, 5.41) is 11.6. The number of carboxylic acids is 1. The number of likely N-dealkylation sites (N-methyl/N-ethyl adjacent to an activating group) is 1. The fourth-order valence-electron chi connectivity index (χ4n) is 6.09. The zero-order chi connectivity index (χ0) is 40.7. The van der Waals surface area contributed by atoms with Crippen LogP contribution < -0.4 is 5.11 Å². The Kier molecular flexibility index (Phi) is 35.9. The molecular formula is C47H81NO7. The SMILES string of the molecule is CC/C=C\C/C=C\C/C=C\C/C=C\C/C=C\CC(=O)OC(COCCC(C(=O)[O-])[N+](C)(C)C)COC(=O)CCCCCCCCCCCCCCCCCC. The summed E-state index contributed by atoms with van der Waals surface area (Å²) in [5.74, 6) is -1.90. The van der Waals surface area contributed by atoms with E-state index in [1.54, 1.807) is 27.2 Å². The summed E-state index contributed by atoms with van der Waals surface area (Å²) in [6.07, 6.45) is 45.6. The molecule has 0 radical (unpaired) electrons. The van der Waals surface area contributed by atoms with E-state index in [0.29, 0.717) is 12.8 Å². The van der Waals surface area contributed by atoms with Gasteiger partial charge < -0.3 is 28.6 Å². The minimum atomic E-state index is -1.14. The minimum Gasteiger partial charge on any atom is -0.544 e. The van der Waals surface area contributed by atoms with Gasteiger partial charge in [-0.2, -0.15) is 0 Å². The smallest absolute Gasteiger partial charge is 0.310 e. The first-order valence-corrected chi connectivity index (χ1v) is 21.8. The van der Waals surface area contributed by atoms with Crippen LogP contribution in [0, 0.1) is 0 Å². The molecule has 0 rings (SSSR count). The van der Waals surface area contributed by atoms with E-state index in [4.69, 9.17) is 14.2 Å². The number of allylic oxidation sites excluding steroid dienone is 9. The van der Waals surface area contributed by atoms with Gasteiger partial charge in [-0.1, -0.05) is 171 Å². The highest BCUT2D eigenvalue weighted by atomic mass is 16.6. The van der Waals surface area contributed by atoms with Crippen molar-refractivity contribution in [1.29, 1.82) is 0 Å². The number of carboxylic acid groups (broad SMARTS) is 1. The van der Waals surface area contributed by atoms with Crippen LogP contribution in [0.3, 0.4) is 0 Å². The number of aliphatic carboxylic acids is 1. The Hall–Kier alpha value is -2.97. The lowest BCUT2D eigenvalue weighted by Gasteiger charge is -2.34. The third-order valence-electron chi connectivity index (χ3n) is 9.45. The summed E-state index contributed by atoms with van der Waals surface area (Å²) < 4.78 is 17.0. The molecule has 0 spiro atoms. The second kappa shape index (κ2) is 37.9. The third-order valence-corrected chi connectivity index (χ3v) is 9.45. The summed E-state index contributed by atoms with van der Waals surface area (Å²) in [5.41, 5.74) is 0. The van der Waals surface area contributed by atoms with Crippen molar-refractivity contribution in [2.75, 3.05) is 41.0 Å². The number of carbonyl (C=O) groups excluding carboxylic acids is 3. The van der Waals surface area contributed by atoms with Gasteiger partial charge in [0.15, 0.2) is 6.10 Å². The number of unbranched alkanes of at least 4 members (excludes halogenated alkanes) is 15. The fraction of sp³-hybridized carbons (Fsp3) is 0.723. The second-order valence-corrected chi connectivity index (χ2v) is 15.6. The number of ether oxygens (including phenoxy) is 3. The monoisotopic (exact) mass is 772 g/mol. The summed E-state index contributed by atoms with van der Waals surface area (Å²) >= 11 is 0. The van der Waals surface area contributed by atoms with Crippen LogP contribution in [0.25, 0.3) is 0 Å². The largest absolute Gasteiger partial charge is 0.544 e. The quantitative estimate of drug-likeness (QED) is 0.0266. The van der Waals surface area contributed by atoms with Gasteiger partial charge in [-0.25, -0.2) is 0 Å². The lowest BCUT2D eigenvalue weighted by molar-refractivity contribution is -0.889. The van der Waals surface area contributed by atoms with Crippen LogP contribution in [0.15, 0.2) is 60.8 Å². The standard InChI is InChI=1S/C47H81NO7/c1-6-8-10-12-14-16-18-20-22-24-25-27-29-31-33-35-37-45(49)54-42-43(41-53-40-39-44(47(51)52)48(3,4)5)55-46(50)38-36-34-32-30-28-26-23-21-19-17-15-13-11-9-7-2/h9,11,15,17,21,23,28,30,34,36,43-44H,6-8,10,12-14,16,18-20,22,24-27,29,31-33,35,37-42H2,1-5H3/b11-9-,17-15-,23-21-,30-28-,36-34-. The van der Waals surface area contributed by atoms with Gasteiger partial charge in [0, 0.05) is 12.8 Å². The van der Waals surface area contributed by atoms with Crippen LogP contribution in [0.5, 0.6) is 0 Å². The maximum Gasteiger partial charge on any atom is 0.310 e. The van der Waals surface area contributed by atoms with Crippen molar-refractivity contribution >= 4 is 17.9 Å². The normalized spacial score (nSPS) is 13.5. The lowest BCUT2D eigenvalue weighted by Crippen LogP contribution is -2.55. The first kappa shape index (κ1) is 52.0. The average molecular weight is 772 g/mol. The Morgan fingerprint density at radius 1 is 0.564 bits per heavy atom. The lowest BCUT2D eigenvalue weighted by atomic mass is 10.0. The average Bonchev–Trinajstić information content (AvgIpc) is 3.14. The molecule has 0 N–H and O–H groups in total. The van der Waals surface area contributed by atoms with Gasteiger partial charge in [-0.3, -0.25) is 9.59 Å². The first-order chi connectivity index (χ1) is 26.6. The van der Waals surface area contributed by atoms with Crippen molar-refractivity contribution in [2.45, 2.75) is 180 Å². The third kappa shape index (κ3) is 36.4. The highest BCUT2D eigenvalue weighted by molar-refractivity contribution is 5.71. The van der Waals surface area contributed by atoms with E-state index < -0.39 is 24.1 Å². The predicted molar refractivity (Wildman–Crippen MR) is 226 cm³/mol. The maximum absolute atomic E-state index is 12.6. The molecule has 8 heteroatoms. The summed E-state index contributed by atoms with van der Waals surface area (Å²) in [6.45, 7) is 4.44. The molecule has 0 fully saturated rings. The van der Waals surface area contributed by atoms with Gasteiger partial charge in [-0.15, -0.1) is 0 Å². The molecule has 0 heterocycles. The molecule has 55 heavy (non-hydrogen) atoms. The molecule has 0 bridgehead atoms. The van der Waals surface area contributed by atoms with Gasteiger partial charge in [0.05, 0.1) is 46.7 Å². The van der Waals surface area contributed by atoms with Crippen LogP contribution in [0.1, 0.15) is 168 Å². The fourth-order valence-corrected chi connectivity index (χ4v) is 6.09. The number of hydrogen-bond acceptors (Lipinski definition) is 7. The molecule has 8 nitrogen and oxygen atoms in total. The zero-order valence-corrected chi connectivity index (χ0v) is 35.8. The number of rotatable bonds is 38.